The Bertz CT molecular complexity index is 625. The third-order valence-electron chi connectivity index (χ3n) is 2.99. The van der Waals surface area contributed by atoms with Crippen LogP contribution in [-0.4, -0.2) is 31.7 Å². The number of hydrogen-bond acceptors (Lipinski definition) is 5. The molecular formula is C14H17N3O2. The van der Waals surface area contributed by atoms with Gasteiger partial charge in [0, 0.05) is 29.7 Å². The highest BCUT2D eigenvalue weighted by molar-refractivity contribution is 6.00. The Labute approximate surface area is 112 Å². The monoisotopic (exact) mass is 259 g/mol. The van der Waals surface area contributed by atoms with Gasteiger partial charge in [-0.1, -0.05) is 0 Å². The molecule has 19 heavy (non-hydrogen) atoms. The van der Waals surface area contributed by atoms with Gasteiger partial charge in [0.25, 0.3) is 0 Å². The number of aromatic nitrogens is 1. The number of nitrogens with two attached hydrogens (primary N) is 1. The average molecular weight is 259 g/mol. The van der Waals surface area contributed by atoms with E-state index >= 15 is 0 Å². The molecule has 2 N–H and O–H groups in total. The number of nitrogen functional groups attached to an aromatic ring is 1. The fourth-order valence-electron chi connectivity index (χ4n) is 2.09. The molecule has 0 radical (unpaired) electrons. The predicted molar refractivity (Wildman–Crippen MR) is 76.2 cm³/mol. The van der Waals surface area contributed by atoms with Gasteiger partial charge in [-0.3, -0.25) is 4.79 Å². The number of ether oxygens (including phenoxy) is 1. The van der Waals surface area contributed by atoms with E-state index in [1.165, 1.54) is 7.11 Å². The summed E-state index contributed by atoms with van der Waals surface area (Å²) in [5.74, 6) is 0.417. The number of hydrogen-bond donors (Lipinski definition) is 1. The maximum Gasteiger partial charge on any atom is 0.325 e. The molecule has 5 heteroatoms. The first-order valence-electron chi connectivity index (χ1n) is 5.95. The van der Waals surface area contributed by atoms with Crippen LogP contribution in [0.5, 0.6) is 0 Å². The normalized spacial score (nSPS) is 10.5. The number of pyridine rings is 1. The maximum atomic E-state index is 11.3. The molecule has 1 aromatic carbocycles. The van der Waals surface area contributed by atoms with Crippen molar-refractivity contribution in [2.75, 3.05) is 31.3 Å². The van der Waals surface area contributed by atoms with E-state index in [-0.39, 0.29) is 12.5 Å². The zero-order valence-corrected chi connectivity index (χ0v) is 11.3. The third kappa shape index (κ3) is 2.59. The van der Waals surface area contributed by atoms with Crippen molar-refractivity contribution in [2.24, 2.45) is 0 Å². The summed E-state index contributed by atoms with van der Waals surface area (Å²) >= 11 is 0. The van der Waals surface area contributed by atoms with E-state index in [2.05, 4.69) is 9.72 Å². The topological polar surface area (TPSA) is 68.5 Å². The van der Waals surface area contributed by atoms with Gasteiger partial charge in [0.05, 0.1) is 7.11 Å². The lowest BCUT2D eigenvalue weighted by Crippen LogP contribution is -2.27. The van der Waals surface area contributed by atoms with Crippen molar-refractivity contribution in [3.05, 3.63) is 30.0 Å². The minimum absolute atomic E-state index is 0.149. The first-order chi connectivity index (χ1) is 9.02. The molecule has 5 nitrogen and oxygen atoms in total. The molecule has 0 aliphatic carbocycles. The summed E-state index contributed by atoms with van der Waals surface area (Å²) in [5.41, 5.74) is 7.79. The highest BCUT2D eigenvalue weighted by Crippen LogP contribution is 2.29. The Kier molecular flexibility index (Phi) is 3.55. The minimum Gasteiger partial charge on any atom is -0.468 e. The highest BCUT2D eigenvalue weighted by atomic mass is 16.5. The lowest BCUT2D eigenvalue weighted by atomic mass is 10.1. The second kappa shape index (κ2) is 5.14. The zero-order chi connectivity index (χ0) is 14.0. The number of rotatable bonds is 3. The van der Waals surface area contributed by atoms with Gasteiger partial charge in [-0.05, 0) is 30.7 Å². The van der Waals surface area contributed by atoms with Crippen molar-refractivity contribution < 1.29 is 9.53 Å². The highest BCUT2D eigenvalue weighted by Gasteiger charge is 2.13. The number of likely N-dealkylation sites (N-methyl/N-ethyl adjacent to an activating group) is 1. The van der Waals surface area contributed by atoms with E-state index in [0.29, 0.717) is 5.69 Å². The van der Waals surface area contributed by atoms with E-state index in [0.717, 1.165) is 22.2 Å². The van der Waals surface area contributed by atoms with Crippen molar-refractivity contribution in [3.8, 4) is 0 Å². The Morgan fingerprint density at radius 1 is 1.42 bits per heavy atom. The van der Waals surface area contributed by atoms with Crippen molar-refractivity contribution in [2.45, 2.75) is 6.92 Å². The van der Waals surface area contributed by atoms with Gasteiger partial charge in [0.1, 0.15) is 12.4 Å². The summed E-state index contributed by atoms with van der Waals surface area (Å²) in [6, 6.07) is 5.81. The number of benzene rings is 1. The number of anilines is 2. The molecule has 2 rings (SSSR count). The van der Waals surface area contributed by atoms with Crippen LogP contribution in [0, 0.1) is 6.92 Å². The van der Waals surface area contributed by atoms with Crippen LogP contribution in [0.1, 0.15) is 5.56 Å². The number of carbonyl (C=O) groups excluding carboxylic acids is 1. The molecule has 100 valence electrons. The largest absolute Gasteiger partial charge is 0.468 e. The minimum atomic E-state index is -0.304. The average Bonchev–Trinajstić information content (AvgIpc) is 2.37. The molecule has 0 saturated carbocycles. The summed E-state index contributed by atoms with van der Waals surface area (Å²) in [5, 5.41) is 1.87. The molecule has 2 aromatic rings. The van der Waals surface area contributed by atoms with Gasteiger partial charge in [0.2, 0.25) is 0 Å². The fourth-order valence-corrected chi connectivity index (χ4v) is 2.09. The molecule has 0 unspecified atom stereocenters. The molecule has 0 aliphatic heterocycles. The second-order valence-corrected chi connectivity index (χ2v) is 4.52. The van der Waals surface area contributed by atoms with Crippen molar-refractivity contribution in [3.63, 3.8) is 0 Å². The van der Waals surface area contributed by atoms with Gasteiger partial charge in [-0.2, -0.15) is 0 Å². The summed E-state index contributed by atoms with van der Waals surface area (Å²) < 4.78 is 4.67. The van der Waals surface area contributed by atoms with Crippen LogP contribution in [0.15, 0.2) is 24.4 Å². The zero-order valence-electron chi connectivity index (χ0n) is 11.3. The number of carbonyl (C=O) groups is 1. The first-order valence-corrected chi connectivity index (χ1v) is 5.95. The number of esters is 1. The third-order valence-corrected chi connectivity index (χ3v) is 2.99. The summed E-state index contributed by atoms with van der Waals surface area (Å²) in [7, 11) is 3.17. The number of methoxy groups -OCH3 is 1. The van der Waals surface area contributed by atoms with Crippen LogP contribution < -0.4 is 10.6 Å². The molecule has 0 spiro atoms. The molecule has 0 saturated heterocycles. The molecular weight excluding hydrogens is 242 g/mol. The van der Waals surface area contributed by atoms with Crippen molar-refractivity contribution in [1.29, 1.82) is 0 Å². The van der Waals surface area contributed by atoms with E-state index < -0.39 is 0 Å². The van der Waals surface area contributed by atoms with Crippen LogP contribution in [0.3, 0.4) is 0 Å². The lowest BCUT2D eigenvalue weighted by molar-refractivity contribution is -0.138. The number of nitrogens with zero attached hydrogens (tertiary/aromatic N) is 2. The lowest BCUT2D eigenvalue weighted by Gasteiger charge is -2.19. The SMILES string of the molecule is COC(=O)CN(C)c1nccc2c(N)cc(C)cc12. The summed E-state index contributed by atoms with van der Waals surface area (Å²) in [4.78, 5) is 17.4. The van der Waals surface area contributed by atoms with Crippen molar-refractivity contribution >= 4 is 28.2 Å². The second-order valence-electron chi connectivity index (χ2n) is 4.52. The summed E-state index contributed by atoms with van der Waals surface area (Å²) in [6.45, 7) is 2.13. The van der Waals surface area contributed by atoms with Crippen LogP contribution in [0.2, 0.25) is 0 Å². The fraction of sp³-hybridized carbons (Fsp3) is 0.286. The van der Waals surface area contributed by atoms with Gasteiger partial charge in [-0.25, -0.2) is 4.98 Å². The standard InChI is InChI=1S/C14H17N3O2/c1-9-6-11-10(12(15)7-9)4-5-16-14(11)17(2)8-13(18)19-3/h4-7H,8,15H2,1-3H3. The van der Waals surface area contributed by atoms with Gasteiger partial charge >= 0.3 is 5.97 Å². The quantitative estimate of drug-likeness (QED) is 0.671. The predicted octanol–water partition coefficient (Wildman–Crippen LogP) is 1.73. The van der Waals surface area contributed by atoms with E-state index in [1.54, 1.807) is 18.1 Å². The van der Waals surface area contributed by atoms with E-state index in [4.69, 9.17) is 5.73 Å². The van der Waals surface area contributed by atoms with Crippen LogP contribution in [-0.2, 0) is 9.53 Å². The Morgan fingerprint density at radius 3 is 2.84 bits per heavy atom. The number of fused-ring (bicyclic) bond motifs is 1. The number of aryl methyl sites for hydroxylation is 1. The molecule has 1 aromatic heterocycles. The van der Waals surface area contributed by atoms with Crippen LogP contribution >= 0.6 is 0 Å². The Hall–Kier alpha value is -2.30. The molecule has 1 heterocycles. The Morgan fingerprint density at radius 2 is 2.16 bits per heavy atom. The Balaban J connectivity index is 2.51. The molecule has 0 bridgehead atoms. The van der Waals surface area contributed by atoms with Crippen molar-refractivity contribution in [1.82, 2.24) is 4.98 Å². The van der Waals surface area contributed by atoms with E-state index in [9.17, 15) is 4.79 Å². The molecule has 0 atom stereocenters. The van der Waals surface area contributed by atoms with Crippen LogP contribution in [0.4, 0.5) is 11.5 Å². The smallest absolute Gasteiger partial charge is 0.325 e. The van der Waals surface area contributed by atoms with Crippen LogP contribution in [0.25, 0.3) is 10.8 Å². The van der Waals surface area contributed by atoms with Gasteiger partial charge in [-0.15, -0.1) is 0 Å². The van der Waals surface area contributed by atoms with Gasteiger partial charge in [0.15, 0.2) is 0 Å². The maximum absolute atomic E-state index is 11.3. The van der Waals surface area contributed by atoms with Gasteiger partial charge < -0.3 is 15.4 Å². The van der Waals surface area contributed by atoms with E-state index in [1.807, 2.05) is 25.1 Å². The first kappa shape index (κ1) is 13.1. The molecule has 0 amide bonds. The molecule has 0 fully saturated rings. The molecule has 0 aliphatic rings. The summed E-state index contributed by atoms with van der Waals surface area (Å²) in [6.07, 6.45) is 1.69.